The summed E-state index contributed by atoms with van der Waals surface area (Å²) in [6.45, 7) is 0.990. The highest BCUT2D eigenvalue weighted by Gasteiger charge is 2.28. The molecule has 0 aromatic carbocycles. The molecule has 0 saturated carbocycles. The van der Waals surface area contributed by atoms with Gasteiger partial charge in [-0.2, -0.15) is 5.48 Å². The largest absolute Gasteiger partial charge is 0.370 e. The van der Waals surface area contributed by atoms with Gasteiger partial charge in [0, 0.05) is 7.05 Å². The molecule has 4 nitrogen and oxygen atoms in total. The fourth-order valence-electron chi connectivity index (χ4n) is 1.38. The number of carbonyl (C=O) groups excluding carboxylic acids is 1. The molecule has 11 heavy (non-hydrogen) atoms. The molecular formula is C7H14N2O2. The molecule has 4 heteroatoms. The molecule has 1 saturated heterocycles. The second-order valence-corrected chi connectivity index (χ2v) is 2.76. The Morgan fingerprint density at radius 3 is 2.91 bits per heavy atom. The molecule has 64 valence electrons. The average molecular weight is 158 g/mol. The van der Waals surface area contributed by atoms with E-state index in [0.717, 1.165) is 19.4 Å². The van der Waals surface area contributed by atoms with Crippen LogP contribution in [0.25, 0.3) is 0 Å². The number of likely N-dealkylation sites (N-methyl/N-ethyl adjacent to an activating group) is 1. The van der Waals surface area contributed by atoms with Crippen LogP contribution in [-0.2, 0) is 9.63 Å². The van der Waals surface area contributed by atoms with E-state index in [1.165, 1.54) is 0 Å². The van der Waals surface area contributed by atoms with E-state index in [4.69, 9.17) is 0 Å². The zero-order valence-corrected chi connectivity index (χ0v) is 6.96. The molecule has 1 heterocycles. The Labute approximate surface area is 66.5 Å². The normalized spacial score (nSPS) is 25.5. The highest BCUT2D eigenvalue weighted by molar-refractivity contribution is 5.75. The van der Waals surface area contributed by atoms with Crippen molar-refractivity contribution in [2.45, 2.75) is 18.9 Å². The lowest BCUT2D eigenvalue weighted by molar-refractivity contribution is -0.154. The van der Waals surface area contributed by atoms with E-state index in [9.17, 15) is 4.79 Å². The van der Waals surface area contributed by atoms with Crippen LogP contribution < -0.4 is 5.48 Å². The van der Waals surface area contributed by atoms with Gasteiger partial charge >= 0.3 is 5.97 Å². The Morgan fingerprint density at radius 2 is 2.45 bits per heavy atom. The fourth-order valence-corrected chi connectivity index (χ4v) is 1.38. The standard InChI is InChI=1S/C7H14N2O2/c1-8-11-7(10)6-4-3-5-9(6)2/h6,8H,3-5H2,1-2H3/t6-/m0/s1. The summed E-state index contributed by atoms with van der Waals surface area (Å²) in [6, 6.07) is -0.0394. The van der Waals surface area contributed by atoms with Crippen LogP contribution in [0.4, 0.5) is 0 Å². The summed E-state index contributed by atoms with van der Waals surface area (Å²) >= 11 is 0. The van der Waals surface area contributed by atoms with Crippen molar-refractivity contribution in [3.05, 3.63) is 0 Å². The summed E-state index contributed by atoms with van der Waals surface area (Å²) in [5.74, 6) is -0.174. The zero-order valence-electron chi connectivity index (χ0n) is 6.96. The first-order valence-electron chi connectivity index (χ1n) is 3.83. The number of hydroxylamine groups is 1. The third-order valence-corrected chi connectivity index (χ3v) is 2.00. The van der Waals surface area contributed by atoms with E-state index in [1.807, 2.05) is 11.9 Å². The summed E-state index contributed by atoms with van der Waals surface area (Å²) in [5, 5.41) is 0. The van der Waals surface area contributed by atoms with E-state index in [2.05, 4.69) is 10.3 Å². The molecule has 1 fully saturated rings. The van der Waals surface area contributed by atoms with Crippen LogP contribution in [0.1, 0.15) is 12.8 Å². The van der Waals surface area contributed by atoms with Crippen molar-refractivity contribution in [2.24, 2.45) is 0 Å². The molecule has 0 aromatic heterocycles. The number of nitrogens with zero attached hydrogens (tertiary/aromatic N) is 1. The smallest absolute Gasteiger partial charge is 0.341 e. The SMILES string of the molecule is CNOC(=O)[C@@H]1CCCN1C. The van der Waals surface area contributed by atoms with Crippen LogP contribution in [0.15, 0.2) is 0 Å². The number of rotatable bonds is 2. The quantitative estimate of drug-likeness (QED) is 0.563. The van der Waals surface area contributed by atoms with Crippen molar-refractivity contribution in [1.29, 1.82) is 0 Å². The first-order chi connectivity index (χ1) is 5.25. The molecule has 0 aromatic rings. The van der Waals surface area contributed by atoms with Crippen LogP contribution in [0.3, 0.4) is 0 Å². The number of likely N-dealkylation sites (tertiary alicyclic amines) is 1. The number of nitrogens with one attached hydrogen (secondary N) is 1. The lowest BCUT2D eigenvalue weighted by atomic mass is 10.2. The van der Waals surface area contributed by atoms with E-state index in [-0.39, 0.29) is 12.0 Å². The third-order valence-electron chi connectivity index (χ3n) is 2.00. The minimum atomic E-state index is -0.174. The summed E-state index contributed by atoms with van der Waals surface area (Å²) in [6.07, 6.45) is 2.00. The van der Waals surface area contributed by atoms with E-state index >= 15 is 0 Å². The van der Waals surface area contributed by atoms with Crippen molar-refractivity contribution in [3.63, 3.8) is 0 Å². The molecule has 1 aliphatic rings. The zero-order chi connectivity index (χ0) is 8.27. The van der Waals surface area contributed by atoms with Gasteiger partial charge in [0.05, 0.1) is 0 Å². The third kappa shape index (κ3) is 1.91. The van der Waals surface area contributed by atoms with Gasteiger partial charge in [-0.25, -0.2) is 4.79 Å². The number of hydrogen-bond donors (Lipinski definition) is 1. The second-order valence-electron chi connectivity index (χ2n) is 2.76. The molecule has 1 N–H and O–H groups in total. The number of hydrogen-bond acceptors (Lipinski definition) is 4. The van der Waals surface area contributed by atoms with Gasteiger partial charge in [-0.05, 0) is 26.4 Å². The Morgan fingerprint density at radius 1 is 1.73 bits per heavy atom. The Bertz CT molecular complexity index is 149. The first kappa shape index (κ1) is 8.49. The molecule has 0 radical (unpaired) electrons. The molecule has 0 aliphatic carbocycles. The molecule has 0 bridgehead atoms. The fraction of sp³-hybridized carbons (Fsp3) is 0.857. The predicted molar refractivity (Wildman–Crippen MR) is 40.8 cm³/mol. The first-order valence-corrected chi connectivity index (χ1v) is 3.83. The highest BCUT2D eigenvalue weighted by Crippen LogP contribution is 2.15. The summed E-state index contributed by atoms with van der Waals surface area (Å²) in [7, 11) is 3.53. The van der Waals surface area contributed by atoms with Gasteiger partial charge in [-0.15, -0.1) is 0 Å². The Balaban J connectivity index is 2.39. The molecular weight excluding hydrogens is 144 g/mol. The lowest BCUT2D eigenvalue weighted by Gasteiger charge is -2.16. The molecule has 1 aliphatic heterocycles. The van der Waals surface area contributed by atoms with Crippen molar-refractivity contribution < 1.29 is 9.63 Å². The highest BCUT2D eigenvalue weighted by atomic mass is 16.7. The van der Waals surface area contributed by atoms with Crippen LogP contribution >= 0.6 is 0 Å². The Kier molecular flexibility index (Phi) is 2.84. The van der Waals surface area contributed by atoms with E-state index in [0.29, 0.717) is 0 Å². The maximum atomic E-state index is 11.1. The van der Waals surface area contributed by atoms with Crippen molar-refractivity contribution in [3.8, 4) is 0 Å². The number of carbonyl (C=O) groups is 1. The van der Waals surface area contributed by atoms with Crippen LogP contribution in [0.2, 0.25) is 0 Å². The van der Waals surface area contributed by atoms with Crippen molar-refractivity contribution >= 4 is 5.97 Å². The monoisotopic (exact) mass is 158 g/mol. The van der Waals surface area contributed by atoms with E-state index < -0.39 is 0 Å². The van der Waals surface area contributed by atoms with Gasteiger partial charge in [0.1, 0.15) is 6.04 Å². The predicted octanol–water partition coefficient (Wildman–Crippen LogP) is -0.242. The summed E-state index contributed by atoms with van der Waals surface area (Å²) < 4.78 is 0. The van der Waals surface area contributed by atoms with Crippen LogP contribution in [0.5, 0.6) is 0 Å². The topological polar surface area (TPSA) is 41.6 Å². The molecule has 1 atom stereocenters. The van der Waals surface area contributed by atoms with Gasteiger partial charge in [0.25, 0.3) is 0 Å². The minimum absolute atomic E-state index is 0.0394. The summed E-state index contributed by atoms with van der Waals surface area (Å²) in [4.78, 5) is 17.8. The Hall–Kier alpha value is -0.610. The second kappa shape index (κ2) is 3.69. The van der Waals surface area contributed by atoms with Gasteiger partial charge in [0.15, 0.2) is 0 Å². The molecule has 0 unspecified atom stereocenters. The van der Waals surface area contributed by atoms with Crippen molar-refractivity contribution in [2.75, 3.05) is 20.6 Å². The minimum Gasteiger partial charge on any atom is -0.370 e. The van der Waals surface area contributed by atoms with Crippen LogP contribution in [0, 0.1) is 0 Å². The van der Waals surface area contributed by atoms with Gasteiger partial charge in [0.2, 0.25) is 0 Å². The molecule has 0 amide bonds. The maximum absolute atomic E-state index is 11.1. The maximum Gasteiger partial charge on any atom is 0.341 e. The van der Waals surface area contributed by atoms with Gasteiger partial charge in [-0.1, -0.05) is 0 Å². The van der Waals surface area contributed by atoms with Crippen molar-refractivity contribution in [1.82, 2.24) is 10.4 Å². The molecule has 0 spiro atoms. The van der Waals surface area contributed by atoms with Crippen LogP contribution in [-0.4, -0.2) is 37.6 Å². The van der Waals surface area contributed by atoms with Gasteiger partial charge < -0.3 is 4.84 Å². The lowest BCUT2D eigenvalue weighted by Crippen LogP contribution is -2.36. The van der Waals surface area contributed by atoms with E-state index in [1.54, 1.807) is 7.05 Å². The average Bonchev–Trinajstić information content (AvgIpc) is 2.36. The van der Waals surface area contributed by atoms with Gasteiger partial charge in [-0.3, -0.25) is 4.90 Å². The summed E-state index contributed by atoms with van der Waals surface area (Å²) in [5.41, 5.74) is 2.39. The molecule has 1 rings (SSSR count).